The normalized spacial score (nSPS) is 12.7. The van der Waals surface area contributed by atoms with Crippen molar-refractivity contribution in [3.63, 3.8) is 0 Å². The molecule has 0 heterocycles. The maximum atomic E-state index is 9.22. The van der Waals surface area contributed by atoms with E-state index < -0.39 is 6.29 Å². The number of aliphatic hydroxyl groups is 1. The molecule has 23 heavy (non-hydrogen) atoms. The van der Waals surface area contributed by atoms with Crippen LogP contribution in [0, 0.1) is 0 Å². The average molecular weight is 331 g/mol. The van der Waals surface area contributed by atoms with Crippen LogP contribution in [-0.2, 0) is 9.47 Å². The second-order valence-corrected chi connectivity index (χ2v) is 6.59. The number of unbranched alkanes of at least 4 members (excludes halogenated alkanes) is 11. The van der Waals surface area contributed by atoms with Crippen LogP contribution < -0.4 is 0 Å². The van der Waals surface area contributed by atoms with Crippen molar-refractivity contribution in [3.8, 4) is 0 Å². The molecular weight excluding hydrogens is 288 g/mol. The van der Waals surface area contributed by atoms with Crippen molar-refractivity contribution in [1.29, 1.82) is 0 Å². The van der Waals surface area contributed by atoms with Crippen LogP contribution >= 0.6 is 0 Å². The fraction of sp³-hybridized carbons (Fsp3) is 1.00. The first-order chi connectivity index (χ1) is 11.3. The largest absolute Gasteiger partial charge is 0.381 e. The molecule has 0 aromatic rings. The van der Waals surface area contributed by atoms with Gasteiger partial charge < -0.3 is 14.6 Å². The van der Waals surface area contributed by atoms with E-state index in [1.807, 2.05) is 6.92 Å². The Hall–Kier alpha value is -0.120. The number of ether oxygens (including phenoxy) is 2. The van der Waals surface area contributed by atoms with Gasteiger partial charge in [0.05, 0.1) is 6.61 Å². The lowest BCUT2D eigenvalue weighted by atomic mass is 10.1. The van der Waals surface area contributed by atoms with Gasteiger partial charge in [0.1, 0.15) is 0 Å². The summed E-state index contributed by atoms with van der Waals surface area (Å²) in [6, 6.07) is 0. The lowest BCUT2D eigenvalue weighted by molar-refractivity contribution is -0.104. The Morgan fingerprint density at radius 2 is 1.09 bits per heavy atom. The lowest BCUT2D eigenvalue weighted by Crippen LogP contribution is -2.12. The third kappa shape index (κ3) is 19.8. The summed E-state index contributed by atoms with van der Waals surface area (Å²) in [4.78, 5) is 0. The zero-order chi connectivity index (χ0) is 17.0. The molecule has 0 saturated carbocycles. The minimum absolute atomic E-state index is 0.591. The molecule has 0 radical (unpaired) electrons. The number of rotatable bonds is 19. The summed E-state index contributed by atoms with van der Waals surface area (Å²) in [5, 5.41) is 9.22. The minimum Gasteiger partial charge on any atom is -0.381 e. The predicted octanol–water partition coefficient (Wildman–Crippen LogP) is 5.84. The highest BCUT2D eigenvalue weighted by atomic mass is 16.6. The third-order valence-corrected chi connectivity index (χ3v) is 4.23. The molecule has 1 atom stereocenters. The average Bonchev–Trinajstić information content (AvgIpc) is 2.57. The van der Waals surface area contributed by atoms with E-state index in [-0.39, 0.29) is 0 Å². The summed E-state index contributed by atoms with van der Waals surface area (Å²) in [7, 11) is 0. The van der Waals surface area contributed by atoms with Gasteiger partial charge in [-0.1, -0.05) is 84.5 Å². The Morgan fingerprint density at radius 1 is 0.609 bits per heavy atom. The Balaban J connectivity index is 2.97. The smallest absolute Gasteiger partial charge is 0.154 e. The van der Waals surface area contributed by atoms with Crippen molar-refractivity contribution >= 4 is 0 Å². The van der Waals surface area contributed by atoms with Crippen molar-refractivity contribution in [3.05, 3.63) is 0 Å². The highest BCUT2D eigenvalue weighted by Crippen LogP contribution is 2.11. The van der Waals surface area contributed by atoms with E-state index in [1.165, 1.54) is 77.0 Å². The Kier molecular flexibility index (Phi) is 19.8. The van der Waals surface area contributed by atoms with Crippen LogP contribution in [0.4, 0.5) is 0 Å². The first kappa shape index (κ1) is 22.9. The molecule has 3 nitrogen and oxygen atoms in total. The van der Waals surface area contributed by atoms with Gasteiger partial charge in [0.15, 0.2) is 6.29 Å². The van der Waals surface area contributed by atoms with E-state index in [4.69, 9.17) is 9.47 Å². The van der Waals surface area contributed by atoms with Crippen LogP contribution in [0.1, 0.15) is 104 Å². The van der Waals surface area contributed by atoms with Crippen molar-refractivity contribution in [1.82, 2.24) is 0 Å². The maximum absolute atomic E-state index is 9.22. The summed E-state index contributed by atoms with van der Waals surface area (Å²) in [6.07, 6.45) is 17.5. The van der Waals surface area contributed by atoms with Crippen molar-refractivity contribution in [2.45, 2.75) is 110 Å². The summed E-state index contributed by atoms with van der Waals surface area (Å²) < 4.78 is 10.8. The molecule has 1 N–H and O–H groups in total. The molecule has 0 amide bonds. The van der Waals surface area contributed by atoms with E-state index in [2.05, 4.69) is 6.92 Å². The van der Waals surface area contributed by atoms with Gasteiger partial charge in [-0.3, -0.25) is 0 Å². The molecule has 0 spiro atoms. The summed E-state index contributed by atoms with van der Waals surface area (Å²) in [5.41, 5.74) is 0. The molecule has 0 aromatic carbocycles. The second-order valence-electron chi connectivity index (χ2n) is 6.59. The first-order valence-corrected chi connectivity index (χ1v) is 10.2. The molecular formula is C20H42O3. The van der Waals surface area contributed by atoms with E-state index >= 15 is 0 Å². The molecule has 0 saturated heterocycles. The first-order valence-electron chi connectivity index (χ1n) is 10.2. The van der Waals surface area contributed by atoms with Crippen LogP contribution in [0.15, 0.2) is 0 Å². The highest BCUT2D eigenvalue weighted by molar-refractivity contribution is 4.48. The fourth-order valence-corrected chi connectivity index (χ4v) is 2.65. The lowest BCUT2D eigenvalue weighted by Gasteiger charge is -2.09. The second kappa shape index (κ2) is 19.9. The Labute approximate surface area is 145 Å². The zero-order valence-electron chi connectivity index (χ0n) is 15.9. The van der Waals surface area contributed by atoms with Gasteiger partial charge in [0.25, 0.3) is 0 Å². The van der Waals surface area contributed by atoms with Crippen molar-refractivity contribution in [2.75, 3.05) is 19.8 Å². The van der Waals surface area contributed by atoms with Gasteiger partial charge >= 0.3 is 0 Å². The van der Waals surface area contributed by atoms with E-state index in [9.17, 15) is 5.11 Å². The molecule has 0 bridgehead atoms. The molecule has 0 aliphatic rings. The summed E-state index contributed by atoms with van der Waals surface area (Å²) in [6.45, 7) is 6.39. The Morgan fingerprint density at radius 3 is 1.61 bits per heavy atom. The quantitative estimate of drug-likeness (QED) is 0.239. The predicted molar refractivity (Wildman–Crippen MR) is 98.8 cm³/mol. The molecule has 3 heteroatoms. The Bertz CT molecular complexity index is 209. The van der Waals surface area contributed by atoms with E-state index in [0.29, 0.717) is 13.0 Å². The van der Waals surface area contributed by atoms with Crippen LogP contribution in [0.3, 0.4) is 0 Å². The molecule has 0 aliphatic carbocycles. The topological polar surface area (TPSA) is 38.7 Å². The van der Waals surface area contributed by atoms with Crippen LogP contribution in [-0.4, -0.2) is 31.2 Å². The molecule has 0 aliphatic heterocycles. The van der Waals surface area contributed by atoms with Gasteiger partial charge in [-0.2, -0.15) is 0 Å². The number of hydrogen-bond acceptors (Lipinski definition) is 3. The van der Waals surface area contributed by atoms with Gasteiger partial charge in [-0.05, 0) is 19.3 Å². The van der Waals surface area contributed by atoms with Gasteiger partial charge in [0, 0.05) is 13.2 Å². The standard InChI is InChI=1S/C20H42O3/c1-3-5-6-7-8-9-10-11-12-13-14-15-17-22-18-16-19-23-20(21)4-2/h20-21H,3-19H2,1-2H3. The monoisotopic (exact) mass is 330 g/mol. The molecule has 0 rings (SSSR count). The number of hydrogen-bond donors (Lipinski definition) is 1. The summed E-state index contributed by atoms with van der Waals surface area (Å²) >= 11 is 0. The van der Waals surface area contributed by atoms with Crippen LogP contribution in [0.2, 0.25) is 0 Å². The van der Waals surface area contributed by atoms with E-state index in [0.717, 1.165) is 19.6 Å². The highest BCUT2D eigenvalue weighted by Gasteiger charge is 1.99. The number of aliphatic hydroxyl groups excluding tert-OH is 1. The SMILES string of the molecule is CCCCCCCCCCCCCCOCCCOC(O)CC. The molecule has 140 valence electrons. The van der Waals surface area contributed by atoms with E-state index in [1.54, 1.807) is 0 Å². The minimum atomic E-state index is -0.605. The summed E-state index contributed by atoms with van der Waals surface area (Å²) in [5.74, 6) is 0. The van der Waals surface area contributed by atoms with Crippen LogP contribution in [0.5, 0.6) is 0 Å². The molecule has 0 aromatic heterocycles. The fourth-order valence-electron chi connectivity index (χ4n) is 2.65. The van der Waals surface area contributed by atoms with Gasteiger partial charge in [-0.15, -0.1) is 0 Å². The van der Waals surface area contributed by atoms with Crippen molar-refractivity contribution in [2.24, 2.45) is 0 Å². The van der Waals surface area contributed by atoms with Gasteiger partial charge in [-0.25, -0.2) is 0 Å². The van der Waals surface area contributed by atoms with Crippen LogP contribution in [0.25, 0.3) is 0 Å². The zero-order valence-corrected chi connectivity index (χ0v) is 15.9. The molecule has 1 unspecified atom stereocenters. The molecule has 0 fully saturated rings. The van der Waals surface area contributed by atoms with Crippen molar-refractivity contribution < 1.29 is 14.6 Å². The van der Waals surface area contributed by atoms with Gasteiger partial charge in [0.2, 0.25) is 0 Å². The third-order valence-electron chi connectivity index (χ3n) is 4.23. The maximum Gasteiger partial charge on any atom is 0.154 e.